The molecule has 1 N–H and O–H groups in total. The molecule has 4 heteroatoms. The minimum Gasteiger partial charge on any atom is -0.396 e. The number of rotatable bonds is 4. The maximum Gasteiger partial charge on any atom is 0.228 e. The molecule has 0 aromatic heterocycles. The summed E-state index contributed by atoms with van der Waals surface area (Å²) in [6.07, 6.45) is 4.11. The lowest BCUT2D eigenvalue weighted by atomic mass is 9.75. The number of nitrogens with zero attached hydrogens (tertiary/aromatic N) is 1. The molecule has 1 saturated heterocycles. The zero-order valence-corrected chi connectivity index (χ0v) is 13.1. The third kappa shape index (κ3) is 2.89. The molecule has 1 atom stereocenters. The van der Waals surface area contributed by atoms with Crippen LogP contribution in [0.3, 0.4) is 0 Å². The first kappa shape index (κ1) is 15.5. The van der Waals surface area contributed by atoms with Crippen LogP contribution in [0, 0.1) is 16.6 Å². The molecule has 0 bridgehead atoms. The number of amides is 1. The second-order valence-electron chi connectivity index (χ2n) is 7.32. The highest BCUT2D eigenvalue weighted by Gasteiger charge is 2.49. The number of carbonyl (C=O) groups is 1. The second kappa shape index (κ2) is 5.65. The van der Waals surface area contributed by atoms with Crippen LogP contribution >= 0.6 is 0 Å². The van der Waals surface area contributed by atoms with Gasteiger partial charge in [-0.25, -0.2) is 4.39 Å². The van der Waals surface area contributed by atoms with E-state index in [4.69, 9.17) is 0 Å². The molecule has 1 aliphatic heterocycles. The summed E-state index contributed by atoms with van der Waals surface area (Å²) >= 11 is 0. The van der Waals surface area contributed by atoms with Crippen LogP contribution in [0.5, 0.6) is 0 Å². The lowest BCUT2D eigenvalue weighted by Gasteiger charge is -2.43. The molecule has 3 nitrogen and oxygen atoms in total. The summed E-state index contributed by atoms with van der Waals surface area (Å²) < 4.78 is 13.9. The van der Waals surface area contributed by atoms with Crippen LogP contribution in [0.25, 0.3) is 0 Å². The molecule has 1 aliphatic carbocycles. The molecule has 0 spiro atoms. The van der Waals surface area contributed by atoms with Gasteiger partial charge in [-0.3, -0.25) is 4.79 Å². The molecule has 2 fully saturated rings. The number of aliphatic hydroxyl groups excluding tert-OH is 1. The van der Waals surface area contributed by atoms with Gasteiger partial charge in [-0.15, -0.1) is 0 Å². The maximum absolute atomic E-state index is 13.9. The normalized spacial score (nSPS) is 26.8. The summed E-state index contributed by atoms with van der Waals surface area (Å²) in [5.41, 5.74) is 0.0289. The Kier molecular flexibility index (Phi) is 3.98. The number of hydrogen-bond acceptors (Lipinski definition) is 2. The van der Waals surface area contributed by atoms with E-state index < -0.39 is 5.41 Å². The average molecular weight is 305 g/mol. The number of carbonyl (C=O) groups excluding carboxylic acids is 1. The van der Waals surface area contributed by atoms with E-state index in [0.717, 1.165) is 32.2 Å². The average Bonchev–Trinajstić information content (AvgIpc) is 3.28. The lowest BCUT2D eigenvalue weighted by Crippen LogP contribution is -2.50. The van der Waals surface area contributed by atoms with Gasteiger partial charge in [0.2, 0.25) is 5.91 Å². The predicted molar refractivity (Wildman–Crippen MR) is 82.8 cm³/mol. The van der Waals surface area contributed by atoms with E-state index in [0.29, 0.717) is 18.5 Å². The van der Waals surface area contributed by atoms with Crippen molar-refractivity contribution in [3.05, 3.63) is 35.6 Å². The highest BCUT2D eigenvalue weighted by molar-refractivity contribution is 5.85. The van der Waals surface area contributed by atoms with Gasteiger partial charge in [0.25, 0.3) is 0 Å². The van der Waals surface area contributed by atoms with Crippen molar-refractivity contribution in [1.29, 1.82) is 0 Å². The first-order valence-corrected chi connectivity index (χ1v) is 8.12. The molecule has 2 aliphatic rings. The van der Waals surface area contributed by atoms with Crippen LogP contribution in [-0.4, -0.2) is 35.6 Å². The molecule has 1 heterocycles. The monoisotopic (exact) mass is 305 g/mol. The summed E-state index contributed by atoms with van der Waals surface area (Å²) in [5.74, 6) is -0.0218. The molecular weight excluding hydrogens is 281 g/mol. The van der Waals surface area contributed by atoms with Gasteiger partial charge in [0.15, 0.2) is 0 Å². The summed E-state index contributed by atoms with van der Waals surface area (Å²) in [5, 5.41) is 9.95. The van der Waals surface area contributed by atoms with E-state index in [1.165, 1.54) is 6.07 Å². The number of aliphatic hydroxyl groups is 1. The minimum absolute atomic E-state index is 0.0121. The Bertz CT molecular complexity index is 570. The minimum atomic E-state index is -0.415. The molecule has 1 unspecified atom stereocenters. The molecule has 3 rings (SSSR count). The van der Waals surface area contributed by atoms with E-state index >= 15 is 0 Å². The summed E-state index contributed by atoms with van der Waals surface area (Å²) in [6.45, 7) is 3.29. The zero-order valence-electron chi connectivity index (χ0n) is 13.1. The van der Waals surface area contributed by atoms with Crippen LogP contribution in [0.1, 0.15) is 38.2 Å². The lowest BCUT2D eigenvalue weighted by molar-refractivity contribution is -0.140. The fourth-order valence-corrected chi connectivity index (χ4v) is 3.54. The Labute approximate surface area is 131 Å². The van der Waals surface area contributed by atoms with Gasteiger partial charge in [-0.1, -0.05) is 25.1 Å². The van der Waals surface area contributed by atoms with Gasteiger partial charge in [0, 0.05) is 23.9 Å². The van der Waals surface area contributed by atoms with Crippen LogP contribution in [0.2, 0.25) is 0 Å². The first-order valence-electron chi connectivity index (χ1n) is 8.12. The van der Waals surface area contributed by atoms with Crippen molar-refractivity contribution >= 4 is 5.91 Å². The van der Waals surface area contributed by atoms with Crippen molar-refractivity contribution < 1.29 is 14.3 Å². The Morgan fingerprint density at radius 3 is 2.68 bits per heavy atom. The zero-order chi connectivity index (χ0) is 15.8. The number of likely N-dealkylation sites (tertiary alicyclic amines) is 1. The topological polar surface area (TPSA) is 40.5 Å². The van der Waals surface area contributed by atoms with E-state index in [9.17, 15) is 14.3 Å². The fraction of sp³-hybridized carbons (Fsp3) is 0.611. The second-order valence-corrected chi connectivity index (χ2v) is 7.32. The number of hydrogen-bond donors (Lipinski definition) is 1. The van der Waals surface area contributed by atoms with Crippen molar-refractivity contribution in [3.8, 4) is 0 Å². The van der Waals surface area contributed by atoms with Crippen LogP contribution in [0.15, 0.2) is 24.3 Å². The molecule has 22 heavy (non-hydrogen) atoms. The van der Waals surface area contributed by atoms with Gasteiger partial charge >= 0.3 is 0 Å². The van der Waals surface area contributed by atoms with E-state index in [1.54, 1.807) is 12.1 Å². The SMILES string of the molecule is CC1(C(=O)N2CCCC(CO)(Cc3ccccc3F)C2)CC1. The molecule has 1 aromatic carbocycles. The third-order valence-electron chi connectivity index (χ3n) is 5.32. The molecule has 0 radical (unpaired) electrons. The molecule has 1 aromatic rings. The Morgan fingerprint density at radius 1 is 1.32 bits per heavy atom. The molecule has 1 amide bonds. The number of piperidine rings is 1. The van der Waals surface area contributed by atoms with Gasteiger partial charge in [-0.2, -0.15) is 0 Å². The van der Waals surface area contributed by atoms with Crippen molar-refractivity contribution in [2.45, 2.75) is 39.0 Å². The van der Waals surface area contributed by atoms with Crippen molar-refractivity contribution in [1.82, 2.24) is 4.90 Å². The number of benzene rings is 1. The largest absolute Gasteiger partial charge is 0.396 e. The predicted octanol–water partition coefficient (Wildman–Crippen LogP) is 2.77. The highest BCUT2D eigenvalue weighted by atomic mass is 19.1. The standard InChI is InChI=1S/C18H24FNO2/c1-17(8-9-17)16(22)20-10-4-7-18(12-20,13-21)11-14-5-2-3-6-15(14)19/h2-3,5-6,21H,4,7-13H2,1H3. The summed E-state index contributed by atoms with van der Waals surface area (Å²) in [4.78, 5) is 14.5. The Hall–Kier alpha value is -1.42. The molecule has 1 saturated carbocycles. The van der Waals surface area contributed by atoms with Gasteiger partial charge in [-0.05, 0) is 43.7 Å². The van der Waals surface area contributed by atoms with Crippen LogP contribution in [-0.2, 0) is 11.2 Å². The van der Waals surface area contributed by atoms with Gasteiger partial charge in [0.1, 0.15) is 5.82 Å². The summed E-state index contributed by atoms with van der Waals surface area (Å²) in [7, 11) is 0. The highest BCUT2D eigenvalue weighted by Crippen LogP contribution is 2.47. The van der Waals surface area contributed by atoms with Crippen LogP contribution in [0.4, 0.5) is 4.39 Å². The van der Waals surface area contributed by atoms with E-state index in [1.807, 2.05) is 17.9 Å². The van der Waals surface area contributed by atoms with Crippen molar-refractivity contribution in [3.63, 3.8) is 0 Å². The third-order valence-corrected chi connectivity index (χ3v) is 5.32. The molecule has 120 valence electrons. The quantitative estimate of drug-likeness (QED) is 0.929. The Balaban J connectivity index is 1.77. The summed E-state index contributed by atoms with van der Waals surface area (Å²) in [6, 6.07) is 6.72. The fourth-order valence-electron chi connectivity index (χ4n) is 3.54. The van der Waals surface area contributed by atoms with Crippen LogP contribution < -0.4 is 0 Å². The van der Waals surface area contributed by atoms with E-state index in [2.05, 4.69) is 0 Å². The van der Waals surface area contributed by atoms with Gasteiger partial charge < -0.3 is 10.0 Å². The maximum atomic E-state index is 13.9. The smallest absolute Gasteiger partial charge is 0.228 e. The Morgan fingerprint density at radius 2 is 2.05 bits per heavy atom. The van der Waals surface area contributed by atoms with Crippen molar-refractivity contribution in [2.24, 2.45) is 10.8 Å². The number of halogens is 1. The van der Waals surface area contributed by atoms with E-state index in [-0.39, 0.29) is 23.7 Å². The molecular formula is C18H24FNO2. The van der Waals surface area contributed by atoms with Gasteiger partial charge in [0.05, 0.1) is 6.61 Å². The van der Waals surface area contributed by atoms with Crippen molar-refractivity contribution in [2.75, 3.05) is 19.7 Å². The first-order chi connectivity index (χ1) is 10.5.